The van der Waals surface area contributed by atoms with Gasteiger partial charge in [0.1, 0.15) is 17.2 Å². The highest BCUT2D eigenvalue weighted by atomic mass is 15.1. The smallest absolute Gasteiger partial charge is 0.160 e. The van der Waals surface area contributed by atoms with E-state index in [1.54, 1.807) is 0 Å². The van der Waals surface area contributed by atoms with Crippen molar-refractivity contribution in [2.24, 2.45) is 0 Å². The van der Waals surface area contributed by atoms with Crippen LogP contribution in [-0.2, 0) is 6.54 Å². The number of unbranched alkanes of at least 4 members (excludes halogenated alkanes) is 1. The molecule has 0 unspecified atom stereocenters. The summed E-state index contributed by atoms with van der Waals surface area (Å²) in [6.45, 7) is 6.20. The van der Waals surface area contributed by atoms with Crippen LogP contribution in [-0.4, -0.2) is 38.4 Å². The van der Waals surface area contributed by atoms with Crippen molar-refractivity contribution in [1.82, 2.24) is 24.8 Å². The van der Waals surface area contributed by atoms with Crippen LogP contribution in [0.1, 0.15) is 31.2 Å². The summed E-state index contributed by atoms with van der Waals surface area (Å²) in [7, 11) is 2.18. The lowest BCUT2D eigenvalue weighted by atomic mass is 10.1. The third-order valence-electron chi connectivity index (χ3n) is 4.97. The standard InChI is InChI=1S/C21H26N6/c1-4-5-9-27(3)12-14-7-6-8-17-15(14)10-18(25-17)16-11-19(22)26-21-20(16)23-13(2)24-21/h6-8,10-11,25H,4-5,9,12H2,1-3H3,(H3,22,23,24,26). The first-order chi connectivity index (χ1) is 13.0. The molecular formula is C21H26N6. The lowest BCUT2D eigenvalue weighted by molar-refractivity contribution is 0.322. The predicted octanol–water partition coefficient (Wildman–Crippen LogP) is 4.23. The first-order valence-electron chi connectivity index (χ1n) is 9.47. The molecule has 0 aliphatic heterocycles. The van der Waals surface area contributed by atoms with Crippen molar-refractivity contribution in [2.45, 2.75) is 33.2 Å². The van der Waals surface area contributed by atoms with Crippen molar-refractivity contribution in [3.63, 3.8) is 0 Å². The number of hydrogen-bond acceptors (Lipinski definition) is 4. The highest BCUT2D eigenvalue weighted by Gasteiger charge is 2.14. The number of pyridine rings is 1. The van der Waals surface area contributed by atoms with Gasteiger partial charge in [-0.05, 0) is 50.7 Å². The third kappa shape index (κ3) is 3.40. The number of fused-ring (bicyclic) bond motifs is 2. The largest absolute Gasteiger partial charge is 0.384 e. The number of nitrogen functional groups attached to an aromatic ring is 1. The second kappa shape index (κ2) is 7.04. The van der Waals surface area contributed by atoms with Crippen molar-refractivity contribution in [2.75, 3.05) is 19.3 Å². The van der Waals surface area contributed by atoms with Crippen LogP contribution in [0.2, 0.25) is 0 Å². The minimum absolute atomic E-state index is 0.485. The van der Waals surface area contributed by atoms with Gasteiger partial charge in [-0.1, -0.05) is 25.5 Å². The van der Waals surface area contributed by atoms with E-state index in [1.165, 1.54) is 23.8 Å². The molecule has 3 aromatic heterocycles. The molecule has 0 amide bonds. The molecule has 0 spiro atoms. The summed E-state index contributed by atoms with van der Waals surface area (Å²) < 4.78 is 0. The maximum Gasteiger partial charge on any atom is 0.160 e. The SMILES string of the molecule is CCCCN(C)Cc1cccc2[nH]c(-c3cc(N)nc4[nH]c(C)nc34)cc12. The number of aryl methyl sites for hydroxylation is 1. The van der Waals surface area contributed by atoms with Gasteiger partial charge < -0.3 is 20.6 Å². The van der Waals surface area contributed by atoms with Crippen LogP contribution in [0.3, 0.4) is 0 Å². The summed E-state index contributed by atoms with van der Waals surface area (Å²) in [6, 6.07) is 10.5. The molecule has 140 valence electrons. The van der Waals surface area contributed by atoms with E-state index in [0.29, 0.717) is 5.82 Å². The Morgan fingerprint density at radius 2 is 2.00 bits per heavy atom. The molecule has 0 atom stereocenters. The summed E-state index contributed by atoms with van der Waals surface area (Å²) >= 11 is 0. The van der Waals surface area contributed by atoms with Crippen molar-refractivity contribution in [3.05, 3.63) is 41.7 Å². The fourth-order valence-electron chi connectivity index (χ4n) is 3.63. The molecule has 6 heteroatoms. The van der Waals surface area contributed by atoms with Crippen molar-refractivity contribution < 1.29 is 0 Å². The van der Waals surface area contributed by atoms with E-state index in [9.17, 15) is 0 Å². The molecule has 6 nitrogen and oxygen atoms in total. The molecule has 4 rings (SSSR count). The molecular weight excluding hydrogens is 336 g/mol. The number of nitrogens with one attached hydrogen (secondary N) is 2. The van der Waals surface area contributed by atoms with Crippen LogP contribution in [0, 0.1) is 6.92 Å². The van der Waals surface area contributed by atoms with E-state index in [2.05, 4.69) is 63.1 Å². The molecule has 0 saturated heterocycles. The Balaban J connectivity index is 1.77. The maximum atomic E-state index is 6.03. The quantitative estimate of drug-likeness (QED) is 0.479. The second-order valence-corrected chi connectivity index (χ2v) is 7.27. The van der Waals surface area contributed by atoms with E-state index < -0.39 is 0 Å². The van der Waals surface area contributed by atoms with Gasteiger partial charge in [-0.2, -0.15) is 0 Å². The molecule has 1 aromatic carbocycles. The van der Waals surface area contributed by atoms with Crippen molar-refractivity contribution >= 4 is 27.9 Å². The summed E-state index contributed by atoms with van der Waals surface area (Å²) in [6.07, 6.45) is 2.43. The summed E-state index contributed by atoms with van der Waals surface area (Å²) in [5.41, 5.74) is 12.0. The van der Waals surface area contributed by atoms with Gasteiger partial charge in [-0.15, -0.1) is 0 Å². The average molecular weight is 362 g/mol. The molecule has 4 N–H and O–H groups in total. The van der Waals surface area contributed by atoms with Gasteiger partial charge in [0.05, 0.1) is 0 Å². The lowest BCUT2D eigenvalue weighted by Gasteiger charge is -2.16. The summed E-state index contributed by atoms with van der Waals surface area (Å²) in [5.74, 6) is 1.32. The van der Waals surface area contributed by atoms with Crippen molar-refractivity contribution in [1.29, 1.82) is 0 Å². The van der Waals surface area contributed by atoms with E-state index in [4.69, 9.17) is 5.73 Å². The molecule has 0 aliphatic rings. The monoisotopic (exact) mass is 362 g/mol. The molecule has 27 heavy (non-hydrogen) atoms. The first kappa shape index (κ1) is 17.5. The topological polar surface area (TPSA) is 86.6 Å². The number of aromatic nitrogens is 4. The summed E-state index contributed by atoms with van der Waals surface area (Å²) in [4.78, 5) is 18.1. The number of aromatic amines is 2. The molecule has 0 radical (unpaired) electrons. The Morgan fingerprint density at radius 1 is 1.15 bits per heavy atom. The molecule has 3 heterocycles. The molecule has 0 fully saturated rings. The van der Waals surface area contributed by atoms with Crippen LogP contribution < -0.4 is 5.73 Å². The van der Waals surface area contributed by atoms with Gasteiger partial charge in [-0.25, -0.2) is 9.97 Å². The normalized spacial score (nSPS) is 11.9. The zero-order valence-electron chi connectivity index (χ0n) is 16.1. The Labute approximate surface area is 158 Å². The van der Waals surface area contributed by atoms with Crippen LogP contribution >= 0.6 is 0 Å². The number of hydrogen-bond donors (Lipinski definition) is 3. The van der Waals surface area contributed by atoms with Gasteiger partial charge in [0.25, 0.3) is 0 Å². The minimum atomic E-state index is 0.485. The Kier molecular flexibility index (Phi) is 4.58. The Hall–Kier alpha value is -2.86. The van der Waals surface area contributed by atoms with E-state index in [0.717, 1.165) is 46.9 Å². The van der Waals surface area contributed by atoms with E-state index in [-0.39, 0.29) is 0 Å². The summed E-state index contributed by atoms with van der Waals surface area (Å²) in [5, 5.41) is 1.24. The third-order valence-corrected chi connectivity index (χ3v) is 4.97. The number of H-pyrrole nitrogens is 2. The number of benzene rings is 1. The van der Waals surface area contributed by atoms with Crippen LogP contribution in [0.15, 0.2) is 30.3 Å². The van der Waals surface area contributed by atoms with Gasteiger partial charge in [0, 0.05) is 28.7 Å². The fourth-order valence-corrected chi connectivity index (χ4v) is 3.63. The van der Waals surface area contributed by atoms with E-state index in [1.807, 2.05) is 13.0 Å². The van der Waals surface area contributed by atoms with Gasteiger partial charge in [0.15, 0.2) is 5.65 Å². The van der Waals surface area contributed by atoms with Crippen LogP contribution in [0.25, 0.3) is 33.3 Å². The minimum Gasteiger partial charge on any atom is -0.384 e. The number of anilines is 1. The Bertz CT molecular complexity index is 1090. The number of nitrogens with zero attached hydrogens (tertiary/aromatic N) is 3. The zero-order valence-corrected chi connectivity index (χ0v) is 16.1. The molecule has 4 aromatic rings. The molecule has 0 bridgehead atoms. The number of rotatable bonds is 6. The van der Waals surface area contributed by atoms with E-state index >= 15 is 0 Å². The molecule has 0 aliphatic carbocycles. The maximum absolute atomic E-state index is 6.03. The Morgan fingerprint density at radius 3 is 2.81 bits per heavy atom. The van der Waals surface area contributed by atoms with Crippen LogP contribution in [0.5, 0.6) is 0 Å². The average Bonchev–Trinajstić information content (AvgIpc) is 3.22. The van der Waals surface area contributed by atoms with Crippen LogP contribution in [0.4, 0.5) is 5.82 Å². The second-order valence-electron chi connectivity index (χ2n) is 7.27. The number of nitrogens with two attached hydrogens (primary N) is 1. The highest BCUT2D eigenvalue weighted by molar-refractivity contribution is 5.96. The van der Waals surface area contributed by atoms with Gasteiger partial charge >= 0.3 is 0 Å². The van der Waals surface area contributed by atoms with Gasteiger partial charge in [0.2, 0.25) is 0 Å². The van der Waals surface area contributed by atoms with Crippen molar-refractivity contribution in [3.8, 4) is 11.3 Å². The zero-order chi connectivity index (χ0) is 19.0. The highest BCUT2D eigenvalue weighted by Crippen LogP contribution is 2.31. The lowest BCUT2D eigenvalue weighted by Crippen LogP contribution is -2.18. The predicted molar refractivity (Wildman–Crippen MR) is 112 cm³/mol. The number of imidazole rings is 1. The molecule has 0 saturated carbocycles. The first-order valence-corrected chi connectivity index (χ1v) is 9.47. The fraction of sp³-hybridized carbons (Fsp3) is 0.333. The van der Waals surface area contributed by atoms with Gasteiger partial charge in [-0.3, -0.25) is 0 Å².